The molecule has 112 valence electrons. The molecule has 0 saturated carbocycles. The zero-order chi connectivity index (χ0) is 15.7. The Bertz CT molecular complexity index is 558. The molecule has 0 radical (unpaired) electrons. The highest BCUT2D eigenvalue weighted by Crippen LogP contribution is 2.08. The van der Waals surface area contributed by atoms with Gasteiger partial charge in [-0.3, -0.25) is 9.59 Å². The molecule has 1 amide bonds. The van der Waals surface area contributed by atoms with Crippen molar-refractivity contribution in [3.63, 3.8) is 0 Å². The average molecular weight is 288 g/mol. The normalized spacial score (nSPS) is 9.48. The molecule has 0 aliphatic carbocycles. The number of hydrogen-bond acceptors (Lipinski definition) is 4. The molecule has 1 aromatic carbocycles. The first-order valence-corrected chi connectivity index (χ1v) is 6.69. The standard InChI is InChI=1S/C16H20N2O3/c1-18(11-5-9-15(19)21-2)16(20)14-8-3-6-13(12-14)7-4-10-17/h3,6,8,12H,5,9-11,17H2,1-2H3. The lowest BCUT2D eigenvalue weighted by Gasteiger charge is -2.17. The molecule has 0 aliphatic rings. The Hall–Kier alpha value is -2.32. The van der Waals surface area contributed by atoms with Crippen molar-refractivity contribution in [2.75, 3.05) is 27.2 Å². The summed E-state index contributed by atoms with van der Waals surface area (Å²) < 4.78 is 4.56. The fourth-order valence-electron chi connectivity index (χ4n) is 1.77. The average Bonchev–Trinajstić information content (AvgIpc) is 2.52. The van der Waals surface area contributed by atoms with E-state index in [1.807, 2.05) is 6.07 Å². The Kier molecular flexibility index (Phi) is 6.99. The summed E-state index contributed by atoms with van der Waals surface area (Å²) in [6.07, 6.45) is 0.873. The third-order valence-electron chi connectivity index (χ3n) is 2.89. The van der Waals surface area contributed by atoms with Gasteiger partial charge >= 0.3 is 5.97 Å². The van der Waals surface area contributed by atoms with Crippen LogP contribution in [0.25, 0.3) is 0 Å². The smallest absolute Gasteiger partial charge is 0.305 e. The van der Waals surface area contributed by atoms with Crippen molar-refractivity contribution in [1.82, 2.24) is 4.90 Å². The number of hydrogen-bond donors (Lipinski definition) is 1. The predicted octanol–water partition coefficient (Wildman–Crippen LogP) is 1.02. The minimum atomic E-state index is -0.269. The number of esters is 1. The Morgan fingerprint density at radius 3 is 2.81 bits per heavy atom. The van der Waals surface area contributed by atoms with Crippen molar-refractivity contribution >= 4 is 11.9 Å². The van der Waals surface area contributed by atoms with Crippen molar-refractivity contribution in [2.45, 2.75) is 12.8 Å². The van der Waals surface area contributed by atoms with Crippen LogP contribution in [-0.2, 0) is 9.53 Å². The number of amides is 1. The highest BCUT2D eigenvalue weighted by molar-refractivity contribution is 5.94. The van der Waals surface area contributed by atoms with Gasteiger partial charge in [-0.25, -0.2) is 0 Å². The number of ether oxygens (including phenoxy) is 1. The van der Waals surface area contributed by atoms with E-state index in [4.69, 9.17) is 5.73 Å². The minimum absolute atomic E-state index is 0.101. The Morgan fingerprint density at radius 1 is 1.38 bits per heavy atom. The number of nitrogens with zero attached hydrogens (tertiary/aromatic N) is 1. The van der Waals surface area contributed by atoms with E-state index in [0.717, 1.165) is 5.56 Å². The highest BCUT2D eigenvalue weighted by Gasteiger charge is 2.12. The van der Waals surface area contributed by atoms with E-state index in [-0.39, 0.29) is 18.4 Å². The van der Waals surface area contributed by atoms with E-state index in [0.29, 0.717) is 24.9 Å². The molecule has 21 heavy (non-hydrogen) atoms. The molecule has 1 rings (SSSR count). The number of rotatable bonds is 5. The Balaban J connectivity index is 2.63. The largest absolute Gasteiger partial charge is 0.469 e. The van der Waals surface area contributed by atoms with Crippen molar-refractivity contribution < 1.29 is 14.3 Å². The van der Waals surface area contributed by atoms with Crippen LogP contribution in [0.2, 0.25) is 0 Å². The van der Waals surface area contributed by atoms with E-state index in [1.54, 1.807) is 30.1 Å². The van der Waals surface area contributed by atoms with Gasteiger partial charge in [-0.2, -0.15) is 0 Å². The number of carbonyl (C=O) groups excluding carboxylic acids is 2. The third-order valence-corrected chi connectivity index (χ3v) is 2.89. The lowest BCUT2D eigenvalue weighted by atomic mass is 10.1. The molecule has 5 nitrogen and oxygen atoms in total. The van der Waals surface area contributed by atoms with Crippen LogP contribution in [-0.4, -0.2) is 44.0 Å². The maximum absolute atomic E-state index is 12.3. The molecule has 0 unspecified atom stereocenters. The van der Waals surface area contributed by atoms with Crippen LogP contribution < -0.4 is 5.73 Å². The van der Waals surface area contributed by atoms with Gasteiger partial charge < -0.3 is 15.4 Å². The SMILES string of the molecule is COC(=O)CCCN(C)C(=O)c1cccc(C#CCN)c1. The maximum Gasteiger partial charge on any atom is 0.305 e. The quantitative estimate of drug-likeness (QED) is 0.648. The predicted molar refractivity (Wildman–Crippen MR) is 80.6 cm³/mol. The van der Waals surface area contributed by atoms with Crippen LogP contribution in [0.3, 0.4) is 0 Å². The van der Waals surface area contributed by atoms with Crippen LogP contribution in [0.15, 0.2) is 24.3 Å². The summed E-state index contributed by atoms with van der Waals surface area (Å²) >= 11 is 0. The third kappa shape index (κ3) is 5.67. The van der Waals surface area contributed by atoms with Crippen molar-refractivity contribution in [1.29, 1.82) is 0 Å². The second kappa shape index (κ2) is 8.77. The summed E-state index contributed by atoms with van der Waals surface area (Å²) in [4.78, 5) is 24.9. The number of benzene rings is 1. The number of methoxy groups -OCH3 is 1. The molecule has 0 spiro atoms. The van der Waals surface area contributed by atoms with Crippen LogP contribution in [0.4, 0.5) is 0 Å². The fourth-order valence-corrected chi connectivity index (χ4v) is 1.77. The monoisotopic (exact) mass is 288 g/mol. The van der Waals surface area contributed by atoms with Gasteiger partial charge in [0.15, 0.2) is 0 Å². The van der Waals surface area contributed by atoms with Crippen LogP contribution in [0.5, 0.6) is 0 Å². The van der Waals surface area contributed by atoms with Gasteiger partial charge in [-0.05, 0) is 24.6 Å². The van der Waals surface area contributed by atoms with Gasteiger partial charge in [0, 0.05) is 31.1 Å². The first-order chi connectivity index (χ1) is 10.1. The molecule has 0 aliphatic heterocycles. The summed E-state index contributed by atoms with van der Waals surface area (Å²) in [5, 5.41) is 0. The van der Waals surface area contributed by atoms with Gasteiger partial charge in [0.2, 0.25) is 0 Å². The van der Waals surface area contributed by atoms with E-state index in [1.165, 1.54) is 7.11 Å². The second-order valence-electron chi connectivity index (χ2n) is 4.49. The lowest BCUT2D eigenvalue weighted by Crippen LogP contribution is -2.28. The van der Waals surface area contributed by atoms with E-state index >= 15 is 0 Å². The Labute approximate surface area is 125 Å². The van der Waals surface area contributed by atoms with Gasteiger partial charge in [-0.15, -0.1) is 0 Å². The molecule has 2 N–H and O–H groups in total. The molecule has 0 heterocycles. The first kappa shape index (κ1) is 16.7. The molecule has 5 heteroatoms. The molecule has 0 saturated heterocycles. The van der Waals surface area contributed by atoms with Gasteiger partial charge in [0.1, 0.15) is 0 Å². The van der Waals surface area contributed by atoms with E-state index < -0.39 is 0 Å². The highest BCUT2D eigenvalue weighted by atomic mass is 16.5. The summed E-state index contributed by atoms with van der Waals surface area (Å²) in [5.74, 6) is 5.28. The molecular formula is C16H20N2O3. The number of carbonyl (C=O) groups is 2. The summed E-state index contributed by atoms with van der Waals surface area (Å²) in [6, 6.07) is 7.10. The molecule has 1 aromatic rings. The zero-order valence-corrected chi connectivity index (χ0v) is 12.4. The first-order valence-electron chi connectivity index (χ1n) is 6.69. The van der Waals surface area contributed by atoms with E-state index in [2.05, 4.69) is 16.6 Å². The van der Waals surface area contributed by atoms with Crippen molar-refractivity contribution in [3.8, 4) is 11.8 Å². The summed E-state index contributed by atoms with van der Waals surface area (Å²) in [7, 11) is 3.06. The van der Waals surface area contributed by atoms with E-state index in [9.17, 15) is 9.59 Å². The van der Waals surface area contributed by atoms with Gasteiger partial charge in [0.25, 0.3) is 5.91 Å². The second-order valence-corrected chi connectivity index (χ2v) is 4.49. The minimum Gasteiger partial charge on any atom is -0.469 e. The van der Waals surface area contributed by atoms with Crippen LogP contribution in [0, 0.1) is 11.8 Å². The molecule has 0 fully saturated rings. The molecular weight excluding hydrogens is 268 g/mol. The summed E-state index contributed by atoms with van der Waals surface area (Å²) in [5.41, 5.74) is 6.65. The number of nitrogens with two attached hydrogens (primary N) is 1. The van der Waals surface area contributed by atoms with Gasteiger partial charge in [0.05, 0.1) is 13.7 Å². The van der Waals surface area contributed by atoms with Crippen molar-refractivity contribution in [2.24, 2.45) is 5.73 Å². The zero-order valence-electron chi connectivity index (χ0n) is 12.4. The molecule has 0 aromatic heterocycles. The van der Waals surface area contributed by atoms with Crippen molar-refractivity contribution in [3.05, 3.63) is 35.4 Å². The Morgan fingerprint density at radius 2 is 2.14 bits per heavy atom. The lowest BCUT2D eigenvalue weighted by molar-refractivity contribution is -0.140. The topological polar surface area (TPSA) is 72.6 Å². The van der Waals surface area contributed by atoms with Crippen LogP contribution in [0.1, 0.15) is 28.8 Å². The molecule has 0 atom stereocenters. The fraction of sp³-hybridized carbons (Fsp3) is 0.375. The molecule has 0 bridgehead atoms. The van der Waals surface area contributed by atoms with Crippen LogP contribution >= 0.6 is 0 Å². The van der Waals surface area contributed by atoms with Gasteiger partial charge in [-0.1, -0.05) is 17.9 Å². The summed E-state index contributed by atoms with van der Waals surface area (Å²) in [6.45, 7) is 0.776. The maximum atomic E-state index is 12.3.